The van der Waals surface area contributed by atoms with Crippen LogP contribution in [0.5, 0.6) is 0 Å². The largest absolute Gasteiger partial charge is 0.481 e. The Bertz CT molecular complexity index is 563. The highest BCUT2D eigenvalue weighted by atomic mass is 32.2. The molecule has 0 saturated heterocycles. The molecule has 0 saturated carbocycles. The minimum Gasteiger partial charge on any atom is -0.481 e. The van der Waals surface area contributed by atoms with Crippen LogP contribution in [0.4, 0.5) is 0 Å². The van der Waals surface area contributed by atoms with Crippen LogP contribution in [0, 0.1) is 5.41 Å². The molecule has 0 aliphatic heterocycles. The molecule has 0 aliphatic carbocycles. The maximum atomic E-state index is 11.9. The zero-order valence-corrected chi connectivity index (χ0v) is 12.8. The fourth-order valence-electron chi connectivity index (χ4n) is 1.71. The minimum absolute atomic E-state index is 0.0857. The second kappa shape index (κ2) is 6.36. The SMILES string of the molecule is Cn1cc(S(=O)(=O)NCCC(C)(C)CCC(=O)O)cn1. The highest BCUT2D eigenvalue weighted by Gasteiger charge is 2.21. The second-order valence-corrected chi connectivity index (χ2v) is 7.32. The third-order valence-electron chi connectivity index (χ3n) is 3.10. The van der Waals surface area contributed by atoms with Crippen molar-refractivity contribution in [2.24, 2.45) is 12.5 Å². The Morgan fingerprint density at radius 1 is 1.45 bits per heavy atom. The normalized spacial score (nSPS) is 12.6. The number of carboxylic acid groups (broad SMARTS) is 1. The van der Waals surface area contributed by atoms with Gasteiger partial charge in [-0.15, -0.1) is 0 Å². The number of carboxylic acids is 1. The summed E-state index contributed by atoms with van der Waals surface area (Å²) in [7, 11) is -1.90. The lowest BCUT2D eigenvalue weighted by Crippen LogP contribution is -2.28. The van der Waals surface area contributed by atoms with Crippen LogP contribution in [0.25, 0.3) is 0 Å². The van der Waals surface area contributed by atoms with Crippen molar-refractivity contribution in [3.8, 4) is 0 Å². The average Bonchev–Trinajstić information content (AvgIpc) is 2.74. The number of hydrogen-bond acceptors (Lipinski definition) is 4. The first-order chi connectivity index (χ1) is 9.12. The molecular formula is C12H21N3O4S. The fraction of sp³-hybridized carbons (Fsp3) is 0.667. The van der Waals surface area contributed by atoms with E-state index in [-0.39, 0.29) is 23.3 Å². The Hall–Kier alpha value is -1.41. The number of aromatic nitrogens is 2. The van der Waals surface area contributed by atoms with Crippen LogP contribution in [-0.2, 0) is 21.9 Å². The van der Waals surface area contributed by atoms with Crippen LogP contribution in [0.3, 0.4) is 0 Å². The van der Waals surface area contributed by atoms with Crippen molar-refractivity contribution in [3.63, 3.8) is 0 Å². The zero-order chi connectivity index (χ0) is 15.4. The van der Waals surface area contributed by atoms with E-state index in [1.165, 1.54) is 17.1 Å². The van der Waals surface area contributed by atoms with Crippen LogP contribution < -0.4 is 4.72 Å². The van der Waals surface area contributed by atoms with Crippen LogP contribution >= 0.6 is 0 Å². The van der Waals surface area contributed by atoms with E-state index in [4.69, 9.17) is 5.11 Å². The number of nitrogens with zero attached hydrogens (tertiary/aromatic N) is 2. The molecule has 0 unspecified atom stereocenters. The molecule has 0 fully saturated rings. The number of aliphatic carboxylic acids is 1. The molecule has 1 rings (SSSR count). The first-order valence-electron chi connectivity index (χ1n) is 6.32. The standard InChI is InChI=1S/C12H21N3O4S/c1-12(2,5-4-11(16)17)6-7-14-20(18,19)10-8-13-15(3)9-10/h8-9,14H,4-7H2,1-3H3,(H,16,17). The van der Waals surface area contributed by atoms with Crippen molar-refractivity contribution >= 4 is 16.0 Å². The molecule has 0 atom stereocenters. The van der Waals surface area contributed by atoms with Crippen molar-refractivity contribution in [2.45, 2.75) is 38.0 Å². The average molecular weight is 303 g/mol. The van der Waals surface area contributed by atoms with E-state index in [0.717, 1.165) is 0 Å². The van der Waals surface area contributed by atoms with Gasteiger partial charge in [0.25, 0.3) is 0 Å². The number of hydrogen-bond donors (Lipinski definition) is 2. The van der Waals surface area contributed by atoms with Gasteiger partial charge >= 0.3 is 5.97 Å². The number of rotatable bonds is 8. The van der Waals surface area contributed by atoms with Gasteiger partial charge in [-0.1, -0.05) is 13.8 Å². The first-order valence-corrected chi connectivity index (χ1v) is 7.81. The smallest absolute Gasteiger partial charge is 0.303 e. The molecule has 7 nitrogen and oxygen atoms in total. The number of sulfonamides is 1. The van der Waals surface area contributed by atoms with Gasteiger partial charge in [-0.25, -0.2) is 13.1 Å². The molecule has 0 spiro atoms. The summed E-state index contributed by atoms with van der Waals surface area (Å²) in [6, 6.07) is 0. The Balaban J connectivity index is 2.49. The predicted octanol–water partition coefficient (Wildman–Crippen LogP) is 0.979. The quantitative estimate of drug-likeness (QED) is 0.745. The third kappa shape index (κ3) is 5.30. The third-order valence-corrected chi connectivity index (χ3v) is 4.52. The maximum absolute atomic E-state index is 11.9. The van der Waals surface area contributed by atoms with Crippen molar-refractivity contribution in [1.29, 1.82) is 0 Å². The number of carbonyl (C=O) groups is 1. The minimum atomic E-state index is -3.54. The molecule has 8 heteroatoms. The van der Waals surface area contributed by atoms with Gasteiger partial charge in [0.15, 0.2) is 0 Å². The molecule has 1 heterocycles. The lowest BCUT2D eigenvalue weighted by atomic mass is 9.84. The van der Waals surface area contributed by atoms with Gasteiger partial charge in [0.05, 0.1) is 6.20 Å². The molecule has 0 radical (unpaired) electrons. The number of nitrogens with one attached hydrogen (secondary N) is 1. The van der Waals surface area contributed by atoms with Crippen LogP contribution in [0.15, 0.2) is 17.3 Å². The molecule has 1 aromatic rings. The summed E-state index contributed by atoms with van der Waals surface area (Å²) in [5.74, 6) is -0.839. The summed E-state index contributed by atoms with van der Waals surface area (Å²) in [6.45, 7) is 4.12. The molecule has 0 aliphatic rings. The van der Waals surface area contributed by atoms with Crippen molar-refractivity contribution in [3.05, 3.63) is 12.4 Å². The molecule has 0 bridgehead atoms. The fourth-order valence-corrected chi connectivity index (χ4v) is 2.73. The van der Waals surface area contributed by atoms with Gasteiger partial charge in [0.1, 0.15) is 4.90 Å². The van der Waals surface area contributed by atoms with Crippen molar-refractivity contribution in [1.82, 2.24) is 14.5 Å². The van der Waals surface area contributed by atoms with Gasteiger partial charge in [-0.3, -0.25) is 9.48 Å². The summed E-state index contributed by atoms with van der Waals surface area (Å²) < 4.78 is 27.8. The predicted molar refractivity (Wildman–Crippen MR) is 73.7 cm³/mol. The van der Waals surface area contributed by atoms with Crippen molar-refractivity contribution < 1.29 is 18.3 Å². The molecule has 0 aromatic carbocycles. The van der Waals surface area contributed by atoms with E-state index in [1.807, 2.05) is 13.8 Å². The van der Waals surface area contributed by atoms with Crippen LogP contribution in [0.1, 0.15) is 33.1 Å². The Labute approximate surface area is 119 Å². The molecule has 1 aromatic heterocycles. The van der Waals surface area contributed by atoms with Gasteiger partial charge in [-0.2, -0.15) is 5.10 Å². The van der Waals surface area contributed by atoms with E-state index < -0.39 is 16.0 Å². The van der Waals surface area contributed by atoms with E-state index in [9.17, 15) is 13.2 Å². The summed E-state index contributed by atoms with van der Waals surface area (Å²) >= 11 is 0. The van der Waals surface area contributed by atoms with E-state index in [2.05, 4.69) is 9.82 Å². The summed E-state index contributed by atoms with van der Waals surface area (Å²) in [5.41, 5.74) is -0.226. The lowest BCUT2D eigenvalue weighted by Gasteiger charge is -2.23. The summed E-state index contributed by atoms with van der Waals surface area (Å²) in [6.07, 6.45) is 3.88. The number of aryl methyl sites for hydroxylation is 1. The van der Waals surface area contributed by atoms with Crippen molar-refractivity contribution in [2.75, 3.05) is 6.54 Å². The zero-order valence-electron chi connectivity index (χ0n) is 12.0. The second-order valence-electron chi connectivity index (χ2n) is 5.56. The lowest BCUT2D eigenvalue weighted by molar-refractivity contribution is -0.137. The maximum Gasteiger partial charge on any atom is 0.303 e. The van der Waals surface area contributed by atoms with E-state index in [0.29, 0.717) is 12.8 Å². The van der Waals surface area contributed by atoms with E-state index in [1.54, 1.807) is 7.05 Å². The molecular weight excluding hydrogens is 282 g/mol. The van der Waals surface area contributed by atoms with Crippen LogP contribution in [-0.4, -0.2) is 35.8 Å². The summed E-state index contributed by atoms with van der Waals surface area (Å²) in [5, 5.41) is 12.5. The Morgan fingerprint density at radius 3 is 2.60 bits per heavy atom. The Morgan fingerprint density at radius 2 is 2.10 bits per heavy atom. The van der Waals surface area contributed by atoms with Crippen LogP contribution in [0.2, 0.25) is 0 Å². The molecule has 0 amide bonds. The molecule has 114 valence electrons. The highest BCUT2D eigenvalue weighted by Crippen LogP contribution is 2.26. The van der Waals surface area contributed by atoms with E-state index >= 15 is 0 Å². The summed E-state index contributed by atoms with van der Waals surface area (Å²) in [4.78, 5) is 10.7. The topological polar surface area (TPSA) is 101 Å². The highest BCUT2D eigenvalue weighted by molar-refractivity contribution is 7.89. The molecule has 2 N–H and O–H groups in total. The van der Waals surface area contributed by atoms with Gasteiger partial charge in [0, 0.05) is 26.2 Å². The Kier molecular flexibility index (Phi) is 5.29. The van der Waals surface area contributed by atoms with Gasteiger partial charge < -0.3 is 5.11 Å². The molecule has 20 heavy (non-hydrogen) atoms. The first kappa shape index (κ1) is 16.6. The van der Waals surface area contributed by atoms with Gasteiger partial charge in [0.2, 0.25) is 10.0 Å². The monoisotopic (exact) mass is 303 g/mol. The van der Waals surface area contributed by atoms with Gasteiger partial charge in [-0.05, 0) is 18.3 Å².